The molecule has 0 aliphatic heterocycles. The summed E-state index contributed by atoms with van der Waals surface area (Å²) in [6, 6.07) is 5.22. The third-order valence-electron chi connectivity index (χ3n) is 4.55. The Kier molecular flexibility index (Phi) is 7.41. The highest BCUT2D eigenvalue weighted by atomic mass is 15.2. The standard InChI is InChI=1S/C19H34N2/c1-7-9-10-21(17(6)8-2)13-18(20)19-15(4)11-14(3)12-16(19)5/h11-12,17-18H,7-10,13,20H2,1-6H3. The molecule has 0 aliphatic carbocycles. The second kappa shape index (κ2) is 8.55. The highest BCUT2D eigenvalue weighted by Gasteiger charge is 2.19. The van der Waals surface area contributed by atoms with Gasteiger partial charge >= 0.3 is 0 Å². The van der Waals surface area contributed by atoms with E-state index in [1.54, 1.807) is 0 Å². The molecular formula is C19H34N2. The summed E-state index contributed by atoms with van der Waals surface area (Å²) < 4.78 is 0. The summed E-state index contributed by atoms with van der Waals surface area (Å²) in [5, 5.41) is 0. The van der Waals surface area contributed by atoms with E-state index in [9.17, 15) is 0 Å². The number of benzene rings is 1. The average molecular weight is 290 g/mol. The molecule has 0 saturated carbocycles. The van der Waals surface area contributed by atoms with Crippen LogP contribution in [0.3, 0.4) is 0 Å². The zero-order valence-electron chi connectivity index (χ0n) is 14.9. The Balaban J connectivity index is 2.88. The Morgan fingerprint density at radius 3 is 2.14 bits per heavy atom. The fourth-order valence-corrected chi connectivity index (χ4v) is 3.23. The van der Waals surface area contributed by atoms with Gasteiger partial charge in [0.15, 0.2) is 0 Å². The molecule has 21 heavy (non-hydrogen) atoms. The van der Waals surface area contributed by atoms with Crippen LogP contribution in [0, 0.1) is 20.8 Å². The molecule has 0 aliphatic rings. The largest absolute Gasteiger partial charge is 0.323 e. The van der Waals surface area contributed by atoms with Crippen LogP contribution in [-0.2, 0) is 0 Å². The quantitative estimate of drug-likeness (QED) is 0.763. The van der Waals surface area contributed by atoms with Gasteiger partial charge in [-0.2, -0.15) is 0 Å². The first kappa shape index (κ1) is 18.2. The van der Waals surface area contributed by atoms with Crippen LogP contribution in [0.4, 0.5) is 0 Å². The summed E-state index contributed by atoms with van der Waals surface area (Å²) in [4.78, 5) is 2.56. The molecule has 120 valence electrons. The van der Waals surface area contributed by atoms with E-state index in [0.717, 1.165) is 13.1 Å². The molecule has 2 unspecified atom stereocenters. The van der Waals surface area contributed by atoms with Crippen molar-refractivity contribution in [2.24, 2.45) is 5.73 Å². The van der Waals surface area contributed by atoms with Crippen LogP contribution in [-0.4, -0.2) is 24.0 Å². The predicted molar refractivity (Wildman–Crippen MR) is 93.8 cm³/mol. The van der Waals surface area contributed by atoms with Crippen LogP contribution >= 0.6 is 0 Å². The van der Waals surface area contributed by atoms with Crippen molar-refractivity contribution >= 4 is 0 Å². The van der Waals surface area contributed by atoms with Crippen molar-refractivity contribution in [1.29, 1.82) is 0 Å². The SMILES string of the molecule is CCCCN(CC(N)c1c(C)cc(C)cc1C)C(C)CC. The molecule has 2 nitrogen and oxygen atoms in total. The van der Waals surface area contributed by atoms with Crippen molar-refractivity contribution in [2.75, 3.05) is 13.1 Å². The van der Waals surface area contributed by atoms with Crippen LogP contribution in [0.5, 0.6) is 0 Å². The summed E-state index contributed by atoms with van der Waals surface area (Å²) in [5.41, 5.74) is 11.9. The zero-order chi connectivity index (χ0) is 16.0. The van der Waals surface area contributed by atoms with Gasteiger partial charge in [-0.3, -0.25) is 4.90 Å². The first-order chi connectivity index (χ1) is 9.90. The maximum atomic E-state index is 6.57. The molecule has 0 amide bonds. The Morgan fingerprint density at radius 2 is 1.67 bits per heavy atom. The molecule has 0 heterocycles. The van der Waals surface area contributed by atoms with Crippen LogP contribution in [0.1, 0.15) is 68.3 Å². The van der Waals surface area contributed by atoms with Gasteiger partial charge in [-0.25, -0.2) is 0 Å². The van der Waals surface area contributed by atoms with Gasteiger partial charge in [-0.15, -0.1) is 0 Å². The summed E-state index contributed by atoms with van der Waals surface area (Å²) in [7, 11) is 0. The van der Waals surface area contributed by atoms with E-state index in [-0.39, 0.29) is 6.04 Å². The fourth-order valence-electron chi connectivity index (χ4n) is 3.23. The second-order valence-corrected chi connectivity index (χ2v) is 6.52. The fraction of sp³-hybridized carbons (Fsp3) is 0.684. The molecule has 1 aromatic carbocycles. The van der Waals surface area contributed by atoms with Crippen LogP contribution < -0.4 is 5.73 Å². The number of hydrogen-bond acceptors (Lipinski definition) is 2. The van der Waals surface area contributed by atoms with Gasteiger partial charge in [-0.05, 0) is 63.8 Å². The predicted octanol–water partition coefficient (Wildman–Crippen LogP) is 4.51. The summed E-state index contributed by atoms with van der Waals surface area (Å²) >= 11 is 0. The number of nitrogens with two attached hydrogens (primary N) is 1. The first-order valence-electron chi connectivity index (χ1n) is 8.48. The van der Waals surface area contributed by atoms with E-state index >= 15 is 0 Å². The van der Waals surface area contributed by atoms with Crippen LogP contribution in [0.2, 0.25) is 0 Å². The van der Waals surface area contributed by atoms with Crippen molar-refractivity contribution in [1.82, 2.24) is 4.90 Å². The molecule has 0 fully saturated rings. The van der Waals surface area contributed by atoms with E-state index in [2.05, 4.69) is 58.6 Å². The second-order valence-electron chi connectivity index (χ2n) is 6.52. The lowest BCUT2D eigenvalue weighted by Crippen LogP contribution is -2.39. The normalized spacial score (nSPS) is 14.5. The van der Waals surface area contributed by atoms with Gasteiger partial charge in [0, 0.05) is 18.6 Å². The minimum absolute atomic E-state index is 0.108. The van der Waals surface area contributed by atoms with Crippen molar-refractivity contribution in [3.8, 4) is 0 Å². The van der Waals surface area contributed by atoms with Crippen molar-refractivity contribution in [3.05, 3.63) is 34.4 Å². The number of nitrogens with zero attached hydrogens (tertiary/aromatic N) is 1. The summed E-state index contributed by atoms with van der Waals surface area (Å²) in [6.07, 6.45) is 3.68. The van der Waals surface area contributed by atoms with Gasteiger partial charge in [0.05, 0.1) is 0 Å². The maximum absolute atomic E-state index is 6.57. The molecular weight excluding hydrogens is 256 g/mol. The lowest BCUT2D eigenvalue weighted by molar-refractivity contribution is 0.189. The van der Waals surface area contributed by atoms with E-state index in [4.69, 9.17) is 5.73 Å². The van der Waals surface area contributed by atoms with Gasteiger partial charge < -0.3 is 5.73 Å². The Hall–Kier alpha value is -0.860. The molecule has 0 aromatic heterocycles. The van der Waals surface area contributed by atoms with Crippen LogP contribution in [0.25, 0.3) is 0 Å². The smallest absolute Gasteiger partial charge is 0.0429 e. The molecule has 1 rings (SSSR count). The Morgan fingerprint density at radius 1 is 1.10 bits per heavy atom. The minimum atomic E-state index is 0.108. The van der Waals surface area contributed by atoms with Crippen molar-refractivity contribution in [2.45, 2.75) is 72.9 Å². The molecule has 0 saturated heterocycles. The molecule has 1 aromatic rings. The highest BCUT2D eigenvalue weighted by molar-refractivity contribution is 5.39. The molecule has 2 atom stereocenters. The van der Waals surface area contributed by atoms with Crippen LogP contribution in [0.15, 0.2) is 12.1 Å². The van der Waals surface area contributed by atoms with Gasteiger partial charge in [0.1, 0.15) is 0 Å². The molecule has 0 bridgehead atoms. The van der Waals surface area contributed by atoms with Gasteiger partial charge in [0.25, 0.3) is 0 Å². The lowest BCUT2D eigenvalue weighted by Gasteiger charge is -2.32. The monoisotopic (exact) mass is 290 g/mol. The number of rotatable bonds is 8. The summed E-state index contributed by atoms with van der Waals surface area (Å²) in [6.45, 7) is 15.5. The minimum Gasteiger partial charge on any atom is -0.323 e. The third-order valence-corrected chi connectivity index (χ3v) is 4.55. The van der Waals surface area contributed by atoms with E-state index in [1.165, 1.54) is 41.5 Å². The molecule has 0 spiro atoms. The van der Waals surface area contributed by atoms with E-state index in [0.29, 0.717) is 6.04 Å². The molecule has 0 radical (unpaired) electrons. The number of hydrogen-bond donors (Lipinski definition) is 1. The Bertz CT molecular complexity index is 416. The summed E-state index contributed by atoms with van der Waals surface area (Å²) in [5.74, 6) is 0. The molecule has 2 N–H and O–H groups in total. The van der Waals surface area contributed by atoms with Gasteiger partial charge in [0.2, 0.25) is 0 Å². The van der Waals surface area contributed by atoms with E-state index in [1.807, 2.05) is 0 Å². The topological polar surface area (TPSA) is 29.3 Å². The average Bonchev–Trinajstić information content (AvgIpc) is 2.41. The zero-order valence-corrected chi connectivity index (χ0v) is 14.9. The molecule has 2 heteroatoms. The highest BCUT2D eigenvalue weighted by Crippen LogP contribution is 2.23. The van der Waals surface area contributed by atoms with Crippen molar-refractivity contribution in [3.63, 3.8) is 0 Å². The lowest BCUT2D eigenvalue weighted by atomic mass is 9.94. The number of unbranched alkanes of at least 4 members (excludes halogenated alkanes) is 1. The first-order valence-corrected chi connectivity index (χ1v) is 8.48. The van der Waals surface area contributed by atoms with Gasteiger partial charge in [-0.1, -0.05) is 38.0 Å². The maximum Gasteiger partial charge on any atom is 0.0429 e. The van der Waals surface area contributed by atoms with E-state index < -0.39 is 0 Å². The van der Waals surface area contributed by atoms with Crippen molar-refractivity contribution < 1.29 is 0 Å². The Labute approximate surface area is 131 Å². The third kappa shape index (κ3) is 5.12. The number of aryl methyl sites for hydroxylation is 3.